The number of thioether (sulfide) groups is 1. The van der Waals surface area contributed by atoms with Gasteiger partial charge in [-0.05, 0) is 31.0 Å². The normalized spacial score (nSPS) is 17.0. The molecule has 1 aromatic rings. The van der Waals surface area contributed by atoms with Gasteiger partial charge in [-0.3, -0.25) is 4.79 Å². The molecule has 0 bridgehead atoms. The standard InChI is InChI=1S/C15H16F2N2OS/c16-12-5-4-11(8-13(12)17)21-9-14(20)19-15(10-18)6-2-1-3-7-15/h4-5,8H,1-3,6-7,9H2,(H,19,20). The maximum Gasteiger partial charge on any atom is 0.231 e. The van der Waals surface area contributed by atoms with Crippen molar-refractivity contribution in [3.05, 3.63) is 29.8 Å². The van der Waals surface area contributed by atoms with Gasteiger partial charge in [0.25, 0.3) is 0 Å². The number of hydrogen-bond acceptors (Lipinski definition) is 3. The Balaban J connectivity index is 1.89. The highest BCUT2D eigenvalue weighted by atomic mass is 32.2. The van der Waals surface area contributed by atoms with E-state index in [1.807, 2.05) is 0 Å². The van der Waals surface area contributed by atoms with Crippen LogP contribution in [-0.2, 0) is 4.79 Å². The summed E-state index contributed by atoms with van der Waals surface area (Å²) in [5.74, 6) is -2.02. The molecule has 0 aromatic heterocycles. The SMILES string of the molecule is N#CC1(NC(=O)CSc2ccc(F)c(F)c2)CCCCC1. The van der Waals surface area contributed by atoms with Gasteiger partial charge in [-0.2, -0.15) is 5.26 Å². The van der Waals surface area contributed by atoms with Crippen molar-refractivity contribution >= 4 is 17.7 Å². The van der Waals surface area contributed by atoms with Crippen molar-refractivity contribution in [2.45, 2.75) is 42.5 Å². The Kier molecular flexibility index (Phi) is 5.18. The van der Waals surface area contributed by atoms with E-state index in [4.69, 9.17) is 0 Å². The first-order valence-electron chi connectivity index (χ1n) is 6.85. The zero-order chi connectivity index (χ0) is 15.3. The van der Waals surface area contributed by atoms with Crippen molar-refractivity contribution in [1.29, 1.82) is 5.26 Å². The summed E-state index contributed by atoms with van der Waals surface area (Å²) in [7, 11) is 0. The summed E-state index contributed by atoms with van der Waals surface area (Å²) in [6.45, 7) is 0. The van der Waals surface area contributed by atoms with Crippen LogP contribution < -0.4 is 5.32 Å². The molecular formula is C15H16F2N2OS. The Labute approximate surface area is 126 Å². The minimum Gasteiger partial charge on any atom is -0.337 e. The highest BCUT2D eigenvalue weighted by Gasteiger charge is 2.33. The van der Waals surface area contributed by atoms with Crippen molar-refractivity contribution in [2.75, 3.05) is 5.75 Å². The molecule has 0 unspecified atom stereocenters. The lowest BCUT2D eigenvalue weighted by molar-refractivity contribution is -0.120. The van der Waals surface area contributed by atoms with E-state index in [1.54, 1.807) is 0 Å². The molecule has 0 saturated heterocycles. The second-order valence-electron chi connectivity index (χ2n) is 5.17. The van der Waals surface area contributed by atoms with E-state index in [2.05, 4.69) is 11.4 Å². The van der Waals surface area contributed by atoms with Crippen LogP contribution in [0.1, 0.15) is 32.1 Å². The maximum atomic E-state index is 13.1. The van der Waals surface area contributed by atoms with Crippen LogP contribution >= 0.6 is 11.8 Å². The van der Waals surface area contributed by atoms with Crippen molar-refractivity contribution in [2.24, 2.45) is 0 Å². The highest BCUT2D eigenvalue weighted by Crippen LogP contribution is 2.28. The number of amides is 1. The molecule has 3 nitrogen and oxygen atoms in total. The van der Waals surface area contributed by atoms with Gasteiger partial charge in [0, 0.05) is 4.90 Å². The van der Waals surface area contributed by atoms with Crippen molar-refractivity contribution in [3.8, 4) is 6.07 Å². The van der Waals surface area contributed by atoms with Gasteiger partial charge >= 0.3 is 0 Å². The van der Waals surface area contributed by atoms with Crippen LogP contribution in [0.15, 0.2) is 23.1 Å². The summed E-state index contributed by atoms with van der Waals surface area (Å²) in [4.78, 5) is 12.4. The number of halogens is 2. The van der Waals surface area contributed by atoms with Gasteiger partial charge in [0.15, 0.2) is 11.6 Å². The molecule has 6 heteroatoms. The topological polar surface area (TPSA) is 52.9 Å². The van der Waals surface area contributed by atoms with Crippen LogP contribution in [-0.4, -0.2) is 17.2 Å². The minimum absolute atomic E-state index is 0.0779. The largest absolute Gasteiger partial charge is 0.337 e. The number of carbonyl (C=O) groups excluding carboxylic acids is 1. The molecular weight excluding hydrogens is 294 g/mol. The van der Waals surface area contributed by atoms with Crippen LogP contribution in [0, 0.1) is 23.0 Å². The lowest BCUT2D eigenvalue weighted by Crippen LogP contribution is -2.49. The summed E-state index contributed by atoms with van der Waals surface area (Å²) < 4.78 is 25.9. The van der Waals surface area contributed by atoms with Gasteiger partial charge in [0.2, 0.25) is 5.91 Å². The Morgan fingerprint density at radius 1 is 1.29 bits per heavy atom. The molecule has 1 N–H and O–H groups in total. The average molecular weight is 310 g/mol. The second-order valence-corrected chi connectivity index (χ2v) is 6.22. The lowest BCUT2D eigenvalue weighted by atomic mass is 9.83. The van der Waals surface area contributed by atoms with E-state index in [9.17, 15) is 18.8 Å². The molecule has 1 aliphatic rings. The first-order chi connectivity index (χ1) is 10.0. The molecule has 1 aromatic carbocycles. The predicted molar refractivity (Wildman–Crippen MR) is 76.7 cm³/mol. The Morgan fingerprint density at radius 3 is 2.62 bits per heavy atom. The third-order valence-electron chi connectivity index (χ3n) is 3.56. The third-order valence-corrected chi connectivity index (χ3v) is 4.55. The van der Waals surface area contributed by atoms with E-state index in [0.717, 1.165) is 43.2 Å². The smallest absolute Gasteiger partial charge is 0.231 e. The number of benzene rings is 1. The molecule has 0 atom stereocenters. The molecule has 1 saturated carbocycles. The van der Waals surface area contributed by atoms with E-state index < -0.39 is 17.2 Å². The molecule has 0 heterocycles. The van der Waals surface area contributed by atoms with Crippen LogP contribution in [0.2, 0.25) is 0 Å². The van der Waals surface area contributed by atoms with Crippen LogP contribution in [0.5, 0.6) is 0 Å². The second kappa shape index (κ2) is 6.90. The number of nitriles is 1. The van der Waals surface area contributed by atoms with Crippen molar-refractivity contribution in [1.82, 2.24) is 5.32 Å². The van der Waals surface area contributed by atoms with E-state index in [1.165, 1.54) is 6.07 Å². The van der Waals surface area contributed by atoms with Gasteiger partial charge < -0.3 is 5.32 Å². The molecule has 2 rings (SSSR count). The Hall–Kier alpha value is -1.61. The summed E-state index contributed by atoms with van der Waals surface area (Å²) in [6.07, 6.45) is 4.30. The summed E-state index contributed by atoms with van der Waals surface area (Å²) >= 11 is 1.12. The third kappa shape index (κ3) is 4.18. The van der Waals surface area contributed by atoms with E-state index in [0.29, 0.717) is 17.7 Å². The van der Waals surface area contributed by atoms with Gasteiger partial charge in [-0.15, -0.1) is 11.8 Å². The zero-order valence-corrected chi connectivity index (χ0v) is 12.3. The van der Waals surface area contributed by atoms with E-state index in [-0.39, 0.29) is 11.7 Å². The molecule has 0 aliphatic heterocycles. The molecule has 0 radical (unpaired) electrons. The van der Waals surface area contributed by atoms with Gasteiger partial charge in [0.1, 0.15) is 5.54 Å². The fourth-order valence-corrected chi connectivity index (χ4v) is 3.16. The van der Waals surface area contributed by atoms with Crippen LogP contribution in [0.25, 0.3) is 0 Å². The van der Waals surface area contributed by atoms with Crippen LogP contribution in [0.3, 0.4) is 0 Å². The molecule has 0 spiro atoms. The monoisotopic (exact) mass is 310 g/mol. The first kappa shape index (κ1) is 15.8. The summed E-state index contributed by atoms with van der Waals surface area (Å²) in [5, 5.41) is 12.1. The molecule has 1 fully saturated rings. The first-order valence-corrected chi connectivity index (χ1v) is 7.83. The summed E-state index contributed by atoms with van der Waals surface area (Å²) in [6, 6.07) is 5.74. The number of rotatable bonds is 4. The lowest BCUT2D eigenvalue weighted by Gasteiger charge is -2.31. The average Bonchev–Trinajstić information content (AvgIpc) is 2.49. The number of carbonyl (C=O) groups is 1. The minimum atomic E-state index is -0.929. The van der Waals surface area contributed by atoms with E-state index >= 15 is 0 Å². The van der Waals surface area contributed by atoms with Crippen molar-refractivity contribution in [3.63, 3.8) is 0 Å². The Bertz CT molecular complexity index is 565. The summed E-state index contributed by atoms with van der Waals surface area (Å²) in [5.41, 5.74) is -0.760. The maximum absolute atomic E-state index is 13.1. The molecule has 1 aliphatic carbocycles. The fraction of sp³-hybridized carbons (Fsp3) is 0.467. The number of hydrogen-bond donors (Lipinski definition) is 1. The highest BCUT2D eigenvalue weighted by molar-refractivity contribution is 8.00. The quantitative estimate of drug-likeness (QED) is 0.867. The molecule has 21 heavy (non-hydrogen) atoms. The Morgan fingerprint density at radius 2 is 2.00 bits per heavy atom. The van der Waals surface area contributed by atoms with Gasteiger partial charge in [0.05, 0.1) is 11.8 Å². The molecule has 112 valence electrons. The number of nitrogens with zero attached hydrogens (tertiary/aromatic N) is 1. The zero-order valence-electron chi connectivity index (χ0n) is 11.5. The number of nitrogens with one attached hydrogen (secondary N) is 1. The fourth-order valence-electron chi connectivity index (χ4n) is 2.44. The van der Waals surface area contributed by atoms with Gasteiger partial charge in [-0.25, -0.2) is 8.78 Å². The van der Waals surface area contributed by atoms with Crippen LogP contribution in [0.4, 0.5) is 8.78 Å². The van der Waals surface area contributed by atoms with Crippen molar-refractivity contribution < 1.29 is 13.6 Å². The molecule has 1 amide bonds. The van der Waals surface area contributed by atoms with Gasteiger partial charge in [-0.1, -0.05) is 19.3 Å². The predicted octanol–water partition coefficient (Wildman–Crippen LogP) is 3.40.